The fourth-order valence-electron chi connectivity index (χ4n) is 11.6. The lowest BCUT2D eigenvalue weighted by atomic mass is 9.67. The summed E-state index contributed by atoms with van der Waals surface area (Å²) >= 11 is 0. The summed E-state index contributed by atoms with van der Waals surface area (Å²) < 4.78 is 9.16. The number of hydrogen-bond donors (Lipinski definition) is 0. The fraction of sp³-hybridized carbons (Fsp3) is 0.0154. The van der Waals surface area contributed by atoms with Gasteiger partial charge in [0.05, 0.1) is 33.5 Å². The maximum Gasteiger partial charge on any atom is 0.136 e. The van der Waals surface area contributed by atoms with Gasteiger partial charge in [-0.3, -0.25) is 0 Å². The maximum absolute atomic E-state index is 6.71. The van der Waals surface area contributed by atoms with Gasteiger partial charge in [-0.15, -0.1) is 0 Å². The van der Waals surface area contributed by atoms with Crippen molar-refractivity contribution in [1.82, 2.24) is 4.57 Å². The molecule has 2 heterocycles. The molecule has 0 aliphatic heterocycles. The highest BCUT2D eigenvalue weighted by molar-refractivity contribution is 6.17. The van der Waals surface area contributed by atoms with Crippen LogP contribution < -0.4 is 4.90 Å². The number of anilines is 3. The van der Waals surface area contributed by atoms with Crippen LogP contribution in [-0.4, -0.2) is 4.57 Å². The van der Waals surface area contributed by atoms with Crippen LogP contribution in [0.15, 0.2) is 259 Å². The van der Waals surface area contributed by atoms with Crippen molar-refractivity contribution in [1.29, 1.82) is 0 Å². The van der Waals surface area contributed by atoms with Crippen LogP contribution in [0, 0.1) is 0 Å². The number of fused-ring (bicyclic) bond motifs is 10. The first-order valence-electron chi connectivity index (χ1n) is 23.4. The molecule has 3 nitrogen and oxygen atoms in total. The average Bonchev–Trinajstić information content (AvgIpc) is 4.05. The summed E-state index contributed by atoms with van der Waals surface area (Å²) in [5, 5.41) is 7.00. The quantitative estimate of drug-likeness (QED) is 0.159. The zero-order valence-corrected chi connectivity index (χ0v) is 37.1. The van der Waals surface area contributed by atoms with Gasteiger partial charge in [0.2, 0.25) is 0 Å². The van der Waals surface area contributed by atoms with Gasteiger partial charge in [0.15, 0.2) is 0 Å². The predicted molar refractivity (Wildman–Crippen MR) is 283 cm³/mol. The fourth-order valence-corrected chi connectivity index (χ4v) is 11.6. The number of furan rings is 1. The van der Waals surface area contributed by atoms with Crippen molar-refractivity contribution in [2.24, 2.45) is 0 Å². The molecular weight excluding hydrogens is 825 g/mol. The molecule has 13 aromatic rings. The van der Waals surface area contributed by atoms with Crippen LogP contribution in [-0.2, 0) is 5.41 Å². The van der Waals surface area contributed by atoms with E-state index >= 15 is 0 Å². The lowest BCUT2D eigenvalue weighted by Gasteiger charge is -2.35. The highest BCUT2D eigenvalue weighted by Gasteiger charge is 2.46. The Morgan fingerprint density at radius 2 is 0.912 bits per heavy atom. The molecule has 0 atom stereocenters. The Morgan fingerprint density at radius 3 is 1.65 bits per heavy atom. The number of hydrogen-bond acceptors (Lipinski definition) is 2. The molecule has 1 aliphatic rings. The second-order valence-electron chi connectivity index (χ2n) is 17.9. The number of para-hydroxylation sites is 5. The normalized spacial score (nSPS) is 12.8. The molecule has 318 valence electrons. The van der Waals surface area contributed by atoms with Gasteiger partial charge in [0.1, 0.15) is 11.2 Å². The third-order valence-electron chi connectivity index (χ3n) is 14.4. The molecular formula is C65H42N2O. The van der Waals surface area contributed by atoms with E-state index in [1.54, 1.807) is 0 Å². The first-order chi connectivity index (χ1) is 33.8. The maximum atomic E-state index is 6.71. The molecule has 0 spiro atoms. The van der Waals surface area contributed by atoms with Crippen molar-refractivity contribution < 1.29 is 4.42 Å². The van der Waals surface area contributed by atoms with Crippen LogP contribution in [0.1, 0.15) is 22.3 Å². The third-order valence-corrected chi connectivity index (χ3v) is 14.4. The molecule has 0 bridgehead atoms. The lowest BCUT2D eigenvalue weighted by Crippen LogP contribution is -2.28. The Morgan fingerprint density at radius 1 is 0.353 bits per heavy atom. The highest BCUT2D eigenvalue weighted by atomic mass is 16.3. The van der Waals surface area contributed by atoms with E-state index in [1.165, 1.54) is 49.5 Å². The second kappa shape index (κ2) is 15.1. The van der Waals surface area contributed by atoms with E-state index in [0.717, 1.165) is 72.2 Å². The van der Waals surface area contributed by atoms with Crippen molar-refractivity contribution in [3.63, 3.8) is 0 Å². The van der Waals surface area contributed by atoms with Gasteiger partial charge >= 0.3 is 0 Å². The van der Waals surface area contributed by atoms with Crippen LogP contribution in [0.5, 0.6) is 0 Å². The molecule has 0 radical (unpaired) electrons. The summed E-state index contributed by atoms with van der Waals surface area (Å²) in [4.78, 5) is 2.51. The summed E-state index contributed by atoms with van der Waals surface area (Å²) in [6.45, 7) is 0. The average molecular weight is 867 g/mol. The van der Waals surface area contributed by atoms with Crippen LogP contribution >= 0.6 is 0 Å². The standard InChI is InChI=1S/C65H42N2O/c1-3-22-45(23-4-1)65(46-24-5-2-6-25-46)55-31-13-9-26-48(55)49-39-38-47(42-56(49)65)66(60-35-17-18-36-61(60)67-58-33-15-10-27-50(58)51-28-11-16-34-59(51)67)57-32-14-12-29-52(57)53-30-19-37-62-64(53)54-40-43-20-7-8-21-44(43)41-63(54)68-62/h1-42H. The summed E-state index contributed by atoms with van der Waals surface area (Å²) in [6.07, 6.45) is 0. The monoisotopic (exact) mass is 866 g/mol. The van der Waals surface area contributed by atoms with E-state index in [4.69, 9.17) is 4.42 Å². The largest absolute Gasteiger partial charge is 0.456 e. The number of benzene rings is 11. The first kappa shape index (κ1) is 38.4. The molecule has 0 saturated heterocycles. The minimum absolute atomic E-state index is 0.577. The van der Waals surface area contributed by atoms with Crippen LogP contribution in [0.2, 0.25) is 0 Å². The summed E-state index contributed by atoms with van der Waals surface area (Å²) in [6, 6.07) is 93.3. The van der Waals surface area contributed by atoms with Crippen molar-refractivity contribution in [2.45, 2.75) is 5.41 Å². The van der Waals surface area contributed by atoms with E-state index in [-0.39, 0.29) is 0 Å². The molecule has 1 aliphatic carbocycles. The molecule has 2 aromatic heterocycles. The molecule has 3 heteroatoms. The van der Waals surface area contributed by atoms with Crippen molar-refractivity contribution >= 4 is 71.6 Å². The van der Waals surface area contributed by atoms with E-state index in [0.29, 0.717) is 0 Å². The van der Waals surface area contributed by atoms with Gasteiger partial charge in [-0.2, -0.15) is 0 Å². The Bertz CT molecular complexity index is 4010. The van der Waals surface area contributed by atoms with Gasteiger partial charge < -0.3 is 13.9 Å². The topological polar surface area (TPSA) is 21.3 Å². The van der Waals surface area contributed by atoms with E-state index in [1.807, 2.05) is 0 Å². The molecule has 68 heavy (non-hydrogen) atoms. The van der Waals surface area contributed by atoms with Crippen molar-refractivity contribution in [2.75, 3.05) is 4.90 Å². The van der Waals surface area contributed by atoms with Gasteiger partial charge in [0.25, 0.3) is 0 Å². The molecule has 0 unspecified atom stereocenters. The van der Waals surface area contributed by atoms with Crippen molar-refractivity contribution in [3.8, 4) is 27.9 Å². The molecule has 0 saturated carbocycles. The third kappa shape index (κ3) is 5.54. The Hall–Kier alpha value is -8.92. The Balaban J connectivity index is 1.09. The van der Waals surface area contributed by atoms with E-state index in [2.05, 4.69) is 264 Å². The first-order valence-corrected chi connectivity index (χ1v) is 23.4. The zero-order chi connectivity index (χ0) is 44.8. The van der Waals surface area contributed by atoms with Gasteiger partial charge in [0, 0.05) is 32.8 Å². The van der Waals surface area contributed by atoms with Crippen LogP contribution in [0.25, 0.3) is 82.5 Å². The summed E-state index contributed by atoms with van der Waals surface area (Å²) in [5.74, 6) is 0. The van der Waals surface area contributed by atoms with E-state index in [9.17, 15) is 0 Å². The minimum Gasteiger partial charge on any atom is -0.456 e. The van der Waals surface area contributed by atoms with Crippen molar-refractivity contribution in [3.05, 3.63) is 277 Å². The Labute approximate surface area is 394 Å². The SMILES string of the molecule is c1ccc(C2(c3ccccc3)c3ccccc3-c3ccc(N(c4ccccc4-c4cccc5oc6cc7ccccc7cc6c45)c4ccccc4-n4c5ccccc5c5ccccc54)cc32)cc1. The number of rotatable bonds is 7. The molecule has 11 aromatic carbocycles. The van der Waals surface area contributed by atoms with Crippen LogP contribution in [0.3, 0.4) is 0 Å². The lowest BCUT2D eigenvalue weighted by molar-refractivity contribution is 0.669. The number of aromatic nitrogens is 1. The minimum atomic E-state index is -0.577. The molecule has 0 fully saturated rings. The summed E-state index contributed by atoms with van der Waals surface area (Å²) in [5.41, 5.74) is 17.5. The van der Waals surface area contributed by atoms with E-state index < -0.39 is 5.41 Å². The van der Waals surface area contributed by atoms with Gasteiger partial charge in [-0.25, -0.2) is 0 Å². The smallest absolute Gasteiger partial charge is 0.136 e. The van der Waals surface area contributed by atoms with Gasteiger partial charge in [-0.1, -0.05) is 194 Å². The molecule has 0 amide bonds. The molecule has 0 N–H and O–H groups in total. The second-order valence-corrected chi connectivity index (χ2v) is 17.9. The Kier molecular flexibility index (Phi) is 8.50. The molecule has 14 rings (SSSR count). The predicted octanol–water partition coefficient (Wildman–Crippen LogP) is 17.3. The highest BCUT2D eigenvalue weighted by Crippen LogP contribution is 2.58. The number of nitrogens with zero attached hydrogens (tertiary/aromatic N) is 2. The summed E-state index contributed by atoms with van der Waals surface area (Å²) in [7, 11) is 0. The zero-order valence-electron chi connectivity index (χ0n) is 37.1. The van der Waals surface area contributed by atoms with Gasteiger partial charge in [-0.05, 0) is 110 Å². The van der Waals surface area contributed by atoms with Crippen LogP contribution in [0.4, 0.5) is 17.1 Å².